The summed E-state index contributed by atoms with van der Waals surface area (Å²) >= 11 is 1.62. The molecule has 0 atom stereocenters. The predicted molar refractivity (Wildman–Crippen MR) is 103 cm³/mol. The highest BCUT2D eigenvalue weighted by Gasteiger charge is 2.13. The van der Waals surface area contributed by atoms with Gasteiger partial charge in [-0.25, -0.2) is 9.18 Å². The Balaban J connectivity index is 1.62. The van der Waals surface area contributed by atoms with Crippen LogP contribution in [-0.2, 0) is 0 Å². The number of hydrogen-bond acceptors (Lipinski definition) is 3. The minimum Gasteiger partial charge on any atom is -0.420 e. The number of halogens is 1. The second kappa shape index (κ2) is 6.73. The van der Waals surface area contributed by atoms with Crippen molar-refractivity contribution in [1.82, 2.24) is 0 Å². The highest BCUT2D eigenvalue weighted by Crippen LogP contribution is 2.35. The standard InChI is InChI=1S/C22H15FO2S/c1-14-7-8-17-13-21(26-20(17)11-14)16-9-10-19(18(23)12-16)25-22(24)15-5-3-2-4-6-15/h2-13H,1H3. The van der Waals surface area contributed by atoms with Gasteiger partial charge in [-0.05, 0) is 65.9 Å². The van der Waals surface area contributed by atoms with Crippen molar-refractivity contribution < 1.29 is 13.9 Å². The van der Waals surface area contributed by atoms with Gasteiger partial charge >= 0.3 is 5.97 Å². The average Bonchev–Trinajstić information content (AvgIpc) is 3.07. The molecule has 0 spiro atoms. The third-order valence-corrected chi connectivity index (χ3v) is 5.25. The van der Waals surface area contributed by atoms with Crippen molar-refractivity contribution in [1.29, 1.82) is 0 Å². The van der Waals surface area contributed by atoms with Crippen molar-refractivity contribution in [3.8, 4) is 16.2 Å². The smallest absolute Gasteiger partial charge is 0.343 e. The fraction of sp³-hybridized carbons (Fsp3) is 0.0455. The van der Waals surface area contributed by atoms with E-state index in [1.165, 1.54) is 22.4 Å². The summed E-state index contributed by atoms with van der Waals surface area (Å²) in [6.07, 6.45) is 0. The van der Waals surface area contributed by atoms with Gasteiger partial charge in [0.25, 0.3) is 0 Å². The summed E-state index contributed by atoms with van der Waals surface area (Å²) in [4.78, 5) is 13.1. The third kappa shape index (κ3) is 3.24. The van der Waals surface area contributed by atoms with E-state index in [0.29, 0.717) is 5.56 Å². The molecule has 128 valence electrons. The second-order valence-corrected chi connectivity index (χ2v) is 7.14. The molecule has 0 unspecified atom stereocenters. The molecule has 0 fully saturated rings. The fourth-order valence-electron chi connectivity index (χ4n) is 2.75. The van der Waals surface area contributed by atoms with Crippen LogP contribution < -0.4 is 4.74 Å². The molecule has 0 aliphatic rings. The van der Waals surface area contributed by atoms with Gasteiger partial charge in [-0.15, -0.1) is 11.3 Å². The Morgan fingerprint density at radius 3 is 2.54 bits per heavy atom. The number of aryl methyl sites for hydroxylation is 1. The van der Waals surface area contributed by atoms with Crippen molar-refractivity contribution in [2.24, 2.45) is 0 Å². The lowest BCUT2D eigenvalue weighted by atomic mass is 10.1. The number of thiophene rings is 1. The molecule has 2 nitrogen and oxygen atoms in total. The summed E-state index contributed by atoms with van der Waals surface area (Å²) in [5.41, 5.74) is 2.34. The van der Waals surface area contributed by atoms with E-state index in [1.54, 1.807) is 47.7 Å². The Morgan fingerprint density at radius 1 is 0.962 bits per heavy atom. The zero-order valence-corrected chi connectivity index (χ0v) is 14.8. The van der Waals surface area contributed by atoms with Crippen LogP contribution in [0.2, 0.25) is 0 Å². The van der Waals surface area contributed by atoms with E-state index in [0.717, 1.165) is 15.8 Å². The van der Waals surface area contributed by atoms with Gasteiger partial charge in [0.2, 0.25) is 0 Å². The van der Waals surface area contributed by atoms with Crippen molar-refractivity contribution in [3.05, 3.63) is 89.7 Å². The molecule has 0 bridgehead atoms. The summed E-state index contributed by atoms with van der Waals surface area (Å²) in [7, 11) is 0. The first-order valence-electron chi connectivity index (χ1n) is 8.17. The Morgan fingerprint density at radius 2 is 1.77 bits per heavy atom. The zero-order valence-electron chi connectivity index (χ0n) is 14.0. The van der Waals surface area contributed by atoms with Crippen molar-refractivity contribution >= 4 is 27.4 Å². The van der Waals surface area contributed by atoms with Gasteiger partial charge in [-0.2, -0.15) is 0 Å². The minimum atomic E-state index is -0.574. The second-order valence-electron chi connectivity index (χ2n) is 6.05. The van der Waals surface area contributed by atoms with Gasteiger partial charge < -0.3 is 4.74 Å². The molecule has 4 heteroatoms. The summed E-state index contributed by atoms with van der Waals surface area (Å²) in [5, 5.41) is 1.13. The van der Waals surface area contributed by atoms with E-state index < -0.39 is 11.8 Å². The Hall–Kier alpha value is -2.98. The van der Waals surface area contributed by atoms with E-state index in [9.17, 15) is 9.18 Å². The quantitative estimate of drug-likeness (QED) is 0.319. The lowest BCUT2D eigenvalue weighted by molar-refractivity contribution is 0.0728. The van der Waals surface area contributed by atoms with Crippen LogP contribution in [0.3, 0.4) is 0 Å². The number of benzene rings is 3. The predicted octanol–water partition coefficient (Wildman–Crippen LogP) is 6.24. The van der Waals surface area contributed by atoms with Gasteiger partial charge in [0, 0.05) is 9.58 Å². The van der Waals surface area contributed by atoms with Crippen LogP contribution in [0.5, 0.6) is 5.75 Å². The van der Waals surface area contributed by atoms with Gasteiger partial charge in [0.05, 0.1) is 5.56 Å². The molecule has 0 saturated heterocycles. The maximum absolute atomic E-state index is 14.5. The van der Waals surface area contributed by atoms with E-state index in [-0.39, 0.29) is 5.75 Å². The molecule has 0 N–H and O–H groups in total. The molecule has 0 amide bonds. The number of fused-ring (bicyclic) bond motifs is 1. The third-order valence-electron chi connectivity index (χ3n) is 4.10. The summed E-state index contributed by atoms with van der Waals surface area (Å²) in [5.74, 6) is -1.20. The largest absolute Gasteiger partial charge is 0.420 e. The number of carbonyl (C=O) groups excluding carboxylic acids is 1. The normalized spacial score (nSPS) is 10.8. The number of hydrogen-bond donors (Lipinski definition) is 0. The van der Waals surface area contributed by atoms with Gasteiger partial charge in [0.15, 0.2) is 11.6 Å². The lowest BCUT2D eigenvalue weighted by Crippen LogP contribution is -2.09. The van der Waals surface area contributed by atoms with Gasteiger partial charge in [-0.3, -0.25) is 0 Å². The van der Waals surface area contributed by atoms with Crippen LogP contribution in [0.25, 0.3) is 20.5 Å². The minimum absolute atomic E-state index is 0.0699. The zero-order chi connectivity index (χ0) is 18.1. The molecular formula is C22H15FO2S. The molecule has 3 aromatic carbocycles. The maximum Gasteiger partial charge on any atom is 0.343 e. The number of rotatable bonds is 3. The molecule has 0 saturated carbocycles. The summed E-state index contributed by atoms with van der Waals surface area (Å²) in [6, 6.07) is 21.5. The van der Waals surface area contributed by atoms with E-state index in [1.807, 2.05) is 13.0 Å². The highest BCUT2D eigenvalue weighted by molar-refractivity contribution is 7.22. The lowest BCUT2D eigenvalue weighted by Gasteiger charge is -2.06. The summed E-state index contributed by atoms with van der Waals surface area (Å²) in [6.45, 7) is 2.05. The fourth-order valence-corrected chi connectivity index (χ4v) is 3.91. The van der Waals surface area contributed by atoms with Crippen LogP contribution in [0.4, 0.5) is 4.39 Å². The molecule has 0 aliphatic carbocycles. The molecular weight excluding hydrogens is 347 g/mol. The number of ether oxygens (including phenoxy) is 1. The molecule has 26 heavy (non-hydrogen) atoms. The van der Waals surface area contributed by atoms with Crippen LogP contribution in [0.15, 0.2) is 72.8 Å². The average molecular weight is 362 g/mol. The first-order chi connectivity index (χ1) is 12.6. The first kappa shape index (κ1) is 16.5. The topological polar surface area (TPSA) is 26.3 Å². The molecule has 0 aliphatic heterocycles. The molecule has 4 rings (SSSR count). The van der Waals surface area contributed by atoms with Crippen LogP contribution in [0, 0.1) is 12.7 Å². The van der Waals surface area contributed by atoms with E-state index >= 15 is 0 Å². The van der Waals surface area contributed by atoms with Crippen molar-refractivity contribution in [2.45, 2.75) is 6.92 Å². The van der Waals surface area contributed by atoms with Crippen LogP contribution >= 0.6 is 11.3 Å². The molecule has 1 heterocycles. The summed E-state index contributed by atoms with van der Waals surface area (Å²) < 4.78 is 20.8. The monoisotopic (exact) mass is 362 g/mol. The molecule has 4 aromatic rings. The number of carbonyl (C=O) groups is 1. The Kier molecular flexibility index (Phi) is 4.27. The van der Waals surface area contributed by atoms with Crippen molar-refractivity contribution in [2.75, 3.05) is 0 Å². The van der Waals surface area contributed by atoms with Gasteiger partial charge in [-0.1, -0.05) is 30.3 Å². The van der Waals surface area contributed by atoms with E-state index in [2.05, 4.69) is 18.2 Å². The van der Waals surface area contributed by atoms with Gasteiger partial charge in [0.1, 0.15) is 0 Å². The van der Waals surface area contributed by atoms with Crippen LogP contribution in [-0.4, -0.2) is 5.97 Å². The van der Waals surface area contributed by atoms with Crippen LogP contribution in [0.1, 0.15) is 15.9 Å². The number of esters is 1. The highest BCUT2D eigenvalue weighted by atomic mass is 32.1. The maximum atomic E-state index is 14.5. The SMILES string of the molecule is Cc1ccc2cc(-c3ccc(OC(=O)c4ccccc4)c(F)c3)sc2c1. The molecule has 0 radical (unpaired) electrons. The van der Waals surface area contributed by atoms with Crippen molar-refractivity contribution in [3.63, 3.8) is 0 Å². The molecule has 1 aromatic heterocycles. The van der Waals surface area contributed by atoms with E-state index in [4.69, 9.17) is 4.74 Å². The Bertz CT molecular complexity index is 1100. The first-order valence-corrected chi connectivity index (χ1v) is 8.99. The Labute approximate surface area is 154 Å².